The van der Waals surface area contributed by atoms with Gasteiger partial charge in [-0.25, -0.2) is 0 Å². The molecule has 0 aromatic rings. The highest BCUT2D eigenvalue weighted by molar-refractivity contribution is 4.50. The lowest BCUT2D eigenvalue weighted by Crippen LogP contribution is -2.04. The van der Waals surface area contributed by atoms with Crippen molar-refractivity contribution in [1.82, 2.24) is 0 Å². The predicted molar refractivity (Wildman–Crippen MR) is 55.8 cm³/mol. The van der Waals surface area contributed by atoms with Gasteiger partial charge < -0.3 is 20.4 Å². The van der Waals surface area contributed by atoms with Crippen molar-refractivity contribution in [2.45, 2.75) is 58.3 Å². The molecule has 0 aromatic carbocycles. The molecular formula is C10H24O4. The summed E-state index contributed by atoms with van der Waals surface area (Å²) in [6, 6.07) is 0. The highest BCUT2D eigenvalue weighted by atomic mass is 16.5. The molecule has 0 aromatic heterocycles. The molecule has 0 aliphatic rings. The summed E-state index contributed by atoms with van der Waals surface area (Å²) < 4.78 is 0. The van der Waals surface area contributed by atoms with Crippen molar-refractivity contribution < 1.29 is 20.4 Å². The molecule has 4 nitrogen and oxygen atoms in total. The highest BCUT2D eigenvalue weighted by Crippen LogP contribution is 1.98. The Bertz CT molecular complexity index is 96.1. The SMILES string of the molecule is CCC(O)CCCO.CCCC(O)O. The fraction of sp³-hybridized carbons (Fsp3) is 1.00. The van der Waals surface area contributed by atoms with Crippen LogP contribution in [0.4, 0.5) is 0 Å². The largest absolute Gasteiger partial charge is 0.396 e. The van der Waals surface area contributed by atoms with E-state index in [-0.39, 0.29) is 12.7 Å². The molecule has 0 aliphatic carbocycles. The maximum Gasteiger partial charge on any atom is 0.151 e. The van der Waals surface area contributed by atoms with Crippen molar-refractivity contribution in [3.05, 3.63) is 0 Å². The predicted octanol–water partition coefficient (Wildman–Crippen LogP) is 0.627. The van der Waals surface area contributed by atoms with Gasteiger partial charge in [0.2, 0.25) is 0 Å². The van der Waals surface area contributed by atoms with Crippen LogP contribution in [0.1, 0.15) is 46.0 Å². The number of aliphatic hydroxyl groups excluding tert-OH is 3. The fourth-order valence-corrected chi connectivity index (χ4v) is 0.789. The molecule has 0 spiro atoms. The van der Waals surface area contributed by atoms with E-state index in [4.69, 9.17) is 20.4 Å². The number of hydrogen-bond donors (Lipinski definition) is 4. The van der Waals surface area contributed by atoms with E-state index < -0.39 is 6.29 Å². The first kappa shape index (κ1) is 16.3. The van der Waals surface area contributed by atoms with Crippen LogP contribution in [0.3, 0.4) is 0 Å². The molecule has 0 heterocycles. The molecule has 0 fully saturated rings. The normalized spacial score (nSPS) is 12.2. The van der Waals surface area contributed by atoms with E-state index in [0.717, 1.165) is 25.7 Å². The van der Waals surface area contributed by atoms with Crippen LogP contribution < -0.4 is 0 Å². The maximum absolute atomic E-state index is 8.88. The zero-order valence-electron chi connectivity index (χ0n) is 9.19. The molecule has 0 saturated heterocycles. The van der Waals surface area contributed by atoms with Gasteiger partial charge in [0, 0.05) is 6.61 Å². The van der Waals surface area contributed by atoms with Gasteiger partial charge in [0.15, 0.2) is 6.29 Å². The molecule has 14 heavy (non-hydrogen) atoms. The molecule has 0 rings (SSSR count). The first-order valence-corrected chi connectivity index (χ1v) is 5.23. The third kappa shape index (κ3) is 17.8. The van der Waals surface area contributed by atoms with Crippen molar-refractivity contribution in [1.29, 1.82) is 0 Å². The fourth-order valence-electron chi connectivity index (χ4n) is 0.789. The van der Waals surface area contributed by atoms with Gasteiger partial charge in [-0.2, -0.15) is 0 Å². The number of hydrogen-bond acceptors (Lipinski definition) is 4. The average Bonchev–Trinajstić information content (AvgIpc) is 2.15. The van der Waals surface area contributed by atoms with Crippen molar-refractivity contribution >= 4 is 0 Å². The Morgan fingerprint density at radius 3 is 1.79 bits per heavy atom. The van der Waals surface area contributed by atoms with E-state index in [1.54, 1.807) is 0 Å². The summed E-state index contributed by atoms with van der Waals surface area (Å²) in [4.78, 5) is 0. The molecule has 0 bridgehead atoms. The Morgan fingerprint density at radius 2 is 1.57 bits per heavy atom. The van der Waals surface area contributed by atoms with Crippen LogP contribution in [0.15, 0.2) is 0 Å². The topological polar surface area (TPSA) is 80.9 Å². The molecular weight excluding hydrogens is 184 g/mol. The summed E-state index contributed by atoms with van der Waals surface area (Å²) >= 11 is 0. The number of aliphatic hydroxyl groups is 4. The van der Waals surface area contributed by atoms with E-state index in [0.29, 0.717) is 6.42 Å². The van der Waals surface area contributed by atoms with Crippen LogP contribution in [-0.2, 0) is 0 Å². The summed E-state index contributed by atoms with van der Waals surface area (Å²) in [6.07, 6.45) is 2.25. The van der Waals surface area contributed by atoms with Gasteiger partial charge in [0.25, 0.3) is 0 Å². The lowest BCUT2D eigenvalue weighted by Gasteiger charge is -2.03. The lowest BCUT2D eigenvalue weighted by atomic mass is 10.2. The molecule has 0 radical (unpaired) electrons. The first-order chi connectivity index (χ1) is 6.58. The highest BCUT2D eigenvalue weighted by Gasteiger charge is 1.97. The Morgan fingerprint density at radius 1 is 1.00 bits per heavy atom. The molecule has 1 atom stereocenters. The zero-order valence-corrected chi connectivity index (χ0v) is 9.19. The van der Waals surface area contributed by atoms with E-state index in [1.165, 1.54) is 0 Å². The third-order valence-corrected chi connectivity index (χ3v) is 1.71. The van der Waals surface area contributed by atoms with Gasteiger partial charge in [0.05, 0.1) is 6.10 Å². The molecule has 1 unspecified atom stereocenters. The monoisotopic (exact) mass is 208 g/mol. The maximum atomic E-state index is 8.88. The zero-order chi connectivity index (χ0) is 11.4. The van der Waals surface area contributed by atoms with Crippen LogP contribution in [0.5, 0.6) is 0 Å². The minimum absolute atomic E-state index is 0.192. The van der Waals surface area contributed by atoms with Crippen LogP contribution in [0.2, 0.25) is 0 Å². The van der Waals surface area contributed by atoms with Crippen molar-refractivity contribution in [3.63, 3.8) is 0 Å². The third-order valence-electron chi connectivity index (χ3n) is 1.71. The molecule has 4 N–H and O–H groups in total. The van der Waals surface area contributed by atoms with Gasteiger partial charge in [0.1, 0.15) is 0 Å². The quantitative estimate of drug-likeness (QED) is 0.483. The van der Waals surface area contributed by atoms with E-state index >= 15 is 0 Å². The summed E-state index contributed by atoms with van der Waals surface area (Å²) in [5.74, 6) is 0. The van der Waals surface area contributed by atoms with Gasteiger partial charge >= 0.3 is 0 Å². The van der Waals surface area contributed by atoms with Crippen LogP contribution in [0, 0.1) is 0 Å². The Labute approximate surface area is 86.2 Å². The molecule has 4 heteroatoms. The second-order valence-electron chi connectivity index (χ2n) is 3.20. The smallest absolute Gasteiger partial charge is 0.151 e. The minimum atomic E-state index is -1.10. The van der Waals surface area contributed by atoms with E-state index in [2.05, 4.69) is 0 Å². The second-order valence-corrected chi connectivity index (χ2v) is 3.20. The van der Waals surface area contributed by atoms with E-state index in [9.17, 15) is 0 Å². The van der Waals surface area contributed by atoms with Crippen molar-refractivity contribution in [3.8, 4) is 0 Å². The summed E-state index contributed by atoms with van der Waals surface area (Å²) in [5, 5.41) is 33.4. The second kappa shape index (κ2) is 12.8. The van der Waals surface area contributed by atoms with Gasteiger partial charge in [-0.15, -0.1) is 0 Å². The van der Waals surface area contributed by atoms with Crippen molar-refractivity contribution in [2.75, 3.05) is 6.61 Å². The molecule has 0 aliphatic heterocycles. The Hall–Kier alpha value is -0.160. The Balaban J connectivity index is 0. The molecule has 88 valence electrons. The Kier molecular flexibility index (Phi) is 14.9. The summed E-state index contributed by atoms with van der Waals surface area (Å²) in [5.41, 5.74) is 0. The molecule has 0 amide bonds. The lowest BCUT2D eigenvalue weighted by molar-refractivity contribution is -0.0453. The van der Waals surface area contributed by atoms with Crippen LogP contribution in [-0.4, -0.2) is 39.4 Å². The van der Waals surface area contributed by atoms with E-state index in [1.807, 2.05) is 13.8 Å². The standard InChI is InChI=1S/C6H14O2.C4H10O2/c1-2-6(8)4-3-5-7;1-2-3-4(5)6/h6-8H,2-5H2,1H3;4-6H,2-3H2,1H3. The average molecular weight is 208 g/mol. The van der Waals surface area contributed by atoms with Gasteiger partial charge in [-0.1, -0.05) is 20.3 Å². The van der Waals surface area contributed by atoms with Crippen molar-refractivity contribution in [2.24, 2.45) is 0 Å². The summed E-state index contributed by atoms with van der Waals surface area (Å²) in [7, 11) is 0. The van der Waals surface area contributed by atoms with Crippen LogP contribution in [0.25, 0.3) is 0 Å². The minimum Gasteiger partial charge on any atom is -0.396 e. The molecule has 0 saturated carbocycles. The van der Waals surface area contributed by atoms with Crippen LogP contribution >= 0.6 is 0 Å². The number of rotatable bonds is 6. The summed E-state index contributed by atoms with van der Waals surface area (Å²) in [6.45, 7) is 4.03. The van der Waals surface area contributed by atoms with Gasteiger partial charge in [-0.3, -0.25) is 0 Å². The first-order valence-electron chi connectivity index (χ1n) is 5.23. The van der Waals surface area contributed by atoms with Gasteiger partial charge in [-0.05, 0) is 25.7 Å².